The third kappa shape index (κ3) is 7.76. The van der Waals surface area contributed by atoms with E-state index in [1.807, 2.05) is 26.0 Å². The van der Waals surface area contributed by atoms with E-state index < -0.39 is 7.82 Å². The molecule has 1 aromatic rings. The summed E-state index contributed by atoms with van der Waals surface area (Å²) in [6.07, 6.45) is 0. The Morgan fingerprint density at radius 2 is 1.57 bits per heavy atom. The average Bonchev–Trinajstić information content (AvgIpc) is 1.94. The molecule has 0 atom stereocenters. The summed E-state index contributed by atoms with van der Waals surface area (Å²) in [7, 11) is -4.64. The van der Waals surface area contributed by atoms with Crippen LogP contribution in [0.4, 0.5) is 0 Å². The van der Waals surface area contributed by atoms with Crippen LogP contribution in [0.15, 0.2) is 18.2 Å². The molecule has 4 N–H and O–H groups in total. The normalized spacial score (nSPS) is 10.4. The van der Waals surface area contributed by atoms with E-state index in [1.54, 1.807) is 6.07 Å². The van der Waals surface area contributed by atoms with Crippen LogP contribution in [0.3, 0.4) is 0 Å². The Labute approximate surface area is 81.9 Å². The molecule has 0 unspecified atom stereocenters. The number of phenols is 1. The topological polar surface area (TPSA) is 98.0 Å². The first kappa shape index (κ1) is 13.1. The van der Waals surface area contributed by atoms with Crippen molar-refractivity contribution in [2.75, 3.05) is 0 Å². The zero-order chi connectivity index (χ0) is 11.4. The second kappa shape index (κ2) is 5.12. The van der Waals surface area contributed by atoms with E-state index in [0.29, 0.717) is 5.75 Å². The Balaban J connectivity index is 0.000000292. The van der Waals surface area contributed by atoms with Crippen LogP contribution in [0.25, 0.3) is 0 Å². The number of aryl methyl sites for hydroxylation is 2. The van der Waals surface area contributed by atoms with Crippen molar-refractivity contribution in [1.82, 2.24) is 0 Å². The number of benzene rings is 1. The highest BCUT2D eigenvalue weighted by molar-refractivity contribution is 7.45. The first-order valence-corrected chi connectivity index (χ1v) is 5.31. The van der Waals surface area contributed by atoms with Gasteiger partial charge in [-0.3, -0.25) is 0 Å². The second-order valence-electron chi connectivity index (χ2n) is 2.80. The van der Waals surface area contributed by atoms with Gasteiger partial charge in [0.15, 0.2) is 0 Å². The van der Waals surface area contributed by atoms with Crippen molar-refractivity contribution >= 4 is 7.82 Å². The Hall–Kier alpha value is -0.870. The zero-order valence-electron chi connectivity index (χ0n) is 7.88. The standard InChI is InChI=1S/C8H10O.H3O4P/c1-6-3-4-7(2)8(9)5-6;1-5(2,3)4/h3-5,9H,1-2H3;(H3,1,2,3,4). The van der Waals surface area contributed by atoms with E-state index in [9.17, 15) is 0 Å². The molecule has 0 aliphatic carbocycles. The van der Waals surface area contributed by atoms with Crippen molar-refractivity contribution in [2.45, 2.75) is 13.8 Å². The summed E-state index contributed by atoms with van der Waals surface area (Å²) in [5, 5.41) is 9.10. The molecule has 0 radical (unpaired) electrons. The molecule has 0 aliphatic heterocycles. The first-order valence-electron chi connectivity index (χ1n) is 3.74. The molecule has 14 heavy (non-hydrogen) atoms. The maximum Gasteiger partial charge on any atom is 0.466 e. The number of phenolic OH excluding ortho intramolecular Hbond substituents is 1. The highest BCUT2D eigenvalue weighted by atomic mass is 31.2. The van der Waals surface area contributed by atoms with E-state index in [-0.39, 0.29) is 0 Å². The van der Waals surface area contributed by atoms with Gasteiger partial charge in [0.2, 0.25) is 0 Å². The first-order chi connectivity index (χ1) is 6.20. The molecular weight excluding hydrogens is 207 g/mol. The van der Waals surface area contributed by atoms with Crippen LogP contribution >= 0.6 is 7.82 Å². The molecule has 5 nitrogen and oxygen atoms in total. The number of phosphoric acid groups is 1. The predicted molar refractivity (Wildman–Crippen MR) is 51.8 cm³/mol. The highest BCUT2D eigenvalue weighted by Gasteiger charge is 2.00. The van der Waals surface area contributed by atoms with Gasteiger partial charge in [0.05, 0.1) is 0 Å². The zero-order valence-corrected chi connectivity index (χ0v) is 8.77. The molecular formula is C8H13O5P. The summed E-state index contributed by atoms with van der Waals surface area (Å²) in [6, 6.07) is 5.65. The molecule has 0 aliphatic rings. The van der Waals surface area contributed by atoms with Gasteiger partial charge in [0.1, 0.15) is 5.75 Å². The molecule has 0 spiro atoms. The third-order valence-corrected chi connectivity index (χ3v) is 1.36. The van der Waals surface area contributed by atoms with Crippen LogP contribution in [-0.2, 0) is 4.57 Å². The van der Waals surface area contributed by atoms with Gasteiger partial charge in [-0.25, -0.2) is 4.57 Å². The smallest absolute Gasteiger partial charge is 0.466 e. The number of hydrogen-bond donors (Lipinski definition) is 4. The minimum absolute atomic E-state index is 0.384. The molecule has 0 fully saturated rings. The fraction of sp³-hybridized carbons (Fsp3) is 0.250. The van der Waals surface area contributed by atoms with Gasteiger partial charge in [-0.1, -0.05) is 12.1 Å². The van der Waals surface area contributed by atoms with E-state index in [0.717, 1.165) is 11.1 Å². The lowest BCUT2D eigenvalue weighted by Gasteiger charge is -1.97. The molecule has 1 rings (SSSR count). The van der Waals surface area contributed by atoms with Crippen LogP contribution in [0, 0.1) is 13.8 Å². The quantitative estimate of drug-likeness (QED) is 0.490. The molecule has 1 aromatic carbocycles. The van der Waals surface area contributed by atoms with Gasteiger partial charge in [0.25, 0.3) is 0 Å². The highest BCUT2D eigenvalue weighted by Crippen LogP contribution is 2.25. The van der Waals surface area contributed by atoms with Crippen molar-refractivity contribution in [1.29, 1.82) is 0 Å². The molecule has 0 amide bonds. The summed E-state index contributed by atoms with van der Waals surface area (Å²) in [4.78, 5) is 21.6. The minimum Gasteiger partial charge on any atom is -0.508 e. The molecule has 0 saturated heterocycles. The summed E-state index contributed by atoms with van der Waals surface area (Å²) in [6.45, 7) is 3.84. The molecule has 0 aromatic heterocycles. The lowest BCUT2D eigenvalue weighted by molar-refractivity contribution is 0.275. The predicted octanol–water partition coefficient (Wildman–Crippen LogP) is 1.08. The van der Waals surface area contributed by atoms with Gasteiger partial charge in [-0.05, 0) is 31.0 Å². The van der Waals surface area contributed by atoms with Crippen molar-refractivity contribution in [2.24, 2.45) is 0 Å². The number of hydrogen-bond acceptors (Lipinski definition) is 2. The molecule has 0 heterocycles. The minimum atomic E-state index is -4.64. The number of rotatable bonds is 0. The second-order valence-corrected chi connectivity index (χ2v) is 3.83. The molecule has 6 heteroatoms. The van der Waals surface area contributed by atoms with Crippen LogP contribution in [-0.4, -0.2) is 19.8 Å². The number of aromatic hydroxyl groups is 1. The van der Waals surface area contributed by atoms with E-state index >= 15 is 0 Å². The van der Waals surface area contributed by atoms with Crippen molar-refractivity contribution in [3.8, 4) is 5.75 Å². The Morgan fingerprint density at radius 1 is 1.14 bits per heavy atom. The van der Waals surface area contributed by atoms with Gasteiger partial charge in [-0.15, -0.1) is 0 Å². The maximum absolute atomic E-state index is 9.10. The monoisotopic (exact) mass is 220 g/mol. The fourth-order valence-corrected chi connectivity index (χ4v) is 0.719. The van der Waals surface area contributed by atoms with Crippen molar-refractivity contribution < 1.29 is 24.4 Å². The molecule has 0 saturated carbocycles. The van der Waals surface area contributed by atoms with Crippen molar-refractivity contribution in [3.63, 3.8) is 0 Å². The van der Waals surface area contributed by atoms with Crippen LogP contribution < -0.4 is 0 Å². The molecule has 0 bridgehead atoms. The summed E-state index contributed by atoms with van der Waals surface area (Å²) in [5.41, 5.74) is 2.03. The van der Waals surface area contributed by atoms with Crippen molar-refractivity contribution in [3.05, 3.63) is 29.3 Å². The fourth-order valence-electron chi connectivity index (χ4n) is 0.719. The van der Waals surface area contributed by atoms with E-state index in [2.05, 4.69) is 0 Å². The van der Waals surface area contributed by atoms with Gasteiger partial charge in [-0.2, -0.15) is 0 Å². The lowest BCUT2D eigenvalue weighted by Crippen LogP contribution is -1.74. The van der Waals surface area contributed by atoms with Crippen LogP contribution in [0.5, 0.6) is 5.75 Å². The van der Waals surface area contributed by atoms with Crippen LogP contribution in [0.1, 0.15) is 11.1 Å². The SMILES string of the molecule is Cc1ccc(C)c(O)c1.O=P(O)(O)O. The van der Waals surface area contributed by atoms with Gasteiger partial charge in [0, 0.05) is 0 Å². The molecule has 80 valence electrons. The Bertz CT molecular complexity index is 335. The average molecular weight is 220 g/mol. The Morgan fingerprint density at radius 3 is 1.86 bits per heavy atom. The summed E-state index contributed by atoms with van der Waals surface area (Å²) in [5.74, 6) is 0.384. The Kier molecular flexibility index (Phi) is 4.80. The van der Waals surface area contributed by atoms with E-state index in [4.69, 9.17) is 24.4 Å². The van der Waals surface area contributed by atoms with E-state index in [1.165, 1.54) is 0 Å². The van der Waals surface area contributed by atoms with Gasteiger partial charge < -0.3 is 19.8 Å². The maximum atomic E-state index is 9.10. The van der Waals surface area contributed by atoms with Crippen LogP contribution in [0.2, 0.25) is 0 Å². The third-order valence-electron chi connectivity index (χ3n) is 1.36. The van der Waals surface area contributed by atoms with Gasteiger partial charge >= 0.3 is 7.82 Å². The summed E-state index contributed by atoms with van der Waals surface area (Å²) >= 11 is 0. The summed E-state index contributed by atoms with van der Waals surface area (Å²) < 4.78 is 8.88. The largest absolute Gasteiger partial charge is 0.508 e. The lowest BCUT2D eigenvalue weighted by atomic mass is 10.1.